The minimum atomic E-state index is -0.283. The van der Waals surface area contributed by atoms with Crippen molar-refractivity contribution in [2.75, 3.05) is 0 Å². The third kappa shape index (κ3) is 1.91. The smallest absolute Gasteiger partial charge is 0.260 e. The molecule has 0 aromatic heterocycles. The van der Waals surface area contributed by atoms with Crippen LogP contribution in [0.4, 0.5) is 0 Å². The molecular formula is C10H18N2O2. The van der Waals surface area contributed by atoms with Crippen molar-refractivity contribution >= 4 is 5.91 Å². The second-order valence-corrected chi connectivity index (χ2v) is 4.42. The molecule has 2 rings (SSSR count). The molecule has 1 aliphatic heterocycles. The number of amides is 1. The highest BCUT2D eigenvalue weighted by Crippen LogP contribution is 2.32. The van der Waals surface area contributed by atoms with Gasteiger partial charge in [-0.05, 0) is 31.6 Å². The van der Waals surface area contributed by atoms with Crippen LogP contribution < -0.4 is 10.8 Å². The van der Waals surface area contributed by atoms with Gasteiger partial charge in [0.25, 0.3) is 5.91 Å². The molecule has 3 N–H and O–H groups in total. The average Bonchev–Trinajstić information content (AvgIpc) is 2.27. The molecule has 1 aliphatic carbocycles. The predicted molar refractivity (Wildman–Crippen MR) is 51.8 cm³/mol. The van der Waals surface area contributed by atoms with Crippen molar-refractivity contribution in [3.05, 3.63) is 0 Å². The summed E-state index contributed by atoms with van der Waals surface area (Å²) in [6.45, 7) is 0. The Morgan fingerprint density at radius 1 is 1.21 bits per heavy atom. The summed E-state index contributed by atoms with van der Waals surface area (Å²) in [5.74, 6) is 0.473. The van der Waals surface area contributed by atoms with E-state index in [1.165, 1.54) is 25.7 Å². The van der Waals surface area contributed by atoms with Gasteiger partial charge >= 0.3 is 0 Å². The number of hydroxylamine groups is 1. The zero-order valence-corrected chi connectivity index (χ0v) is 8.33. The molecule has 1 amide bonds. The van der Waals surface area contributed by atoms with Gasteiger partial charge in [-0.2, -0.15) is 0 Å². The van der Waals surface area contributed by atoms with E-state index in [2.05, 4.69) is 5.32 Å². The Hall–Kier alpha value is -0.610. The van der Waals surface area contributed by atoms with Crippen molar-refractivity contribution in [2.24, 2.45) is 5.92 Å². The van der Waals surface area contributed by atoms with Gasteiger partial charge in [0.1, 0.15) is 0 Å². The van der Waals surface area contributed by atoms with Crippen molar-refractivity contribution in [3.8, 4) is 0 Å². The summed E-state index contributed by atoms with van der Waals surface area (Å²) in [6, 6.07) is 0.319. The molecule has 4 nitrogen and oxygen atoms in total. The number of carbonyl (C=O) groups is 1. The third-order valence-corrected chi connectivity index (χ3v) is 3.58. The van der Waals surface area contributed by atoms with Gasteiger partial charge in [-0.15, -0.1) is 0 Å². The van der Waals surface area contributed by atoms with Gasteiger partial charge in [0, 0.05) is 6.04 Å². The first-order valence-corrected chi connectivity index (χ1v) is 5.51. The molecule has 1 heterocycles. The van der Waals surface area contributed by atoms with Crippen LogP contribution in [-0.2, 0) is 4.79 Å². The molecular weight excluding hydrogens is 180 g/mol. The van der Waals surface area contributed by atoms with Gasteiger partial charge in [-0.25, -0.2) is 5.48 Å². The largest absolute Gasteiger partial charge is 0.303 e. The summed E-state index contributed by atoms with van der Waals surface area (Å²) in [5, 5.41) is 11.9. The van der Waals surface area contributed by atoms with E-state index in [1.54, 1.807) is 5.48 Å². The van der Waals surface area contributed by atoms with Gasteiger partial charge in [-0.3, -0.25) is 10.0 Å². The summed E-state index contributed by atoms with van der Waals surface area (Å²) >= 11 is 0. The summed E-state index contributed by atoms with van der Waals surface area (Å²) < 4.78 is 0. The molecule has 14 heavy (non-hydrogen) atoms. The lowest BCUT2D eigenvalue weighted by molar-refractivity contribution is -0.132. The fourth-order valence-corrected chi connectivity index (χ4v) is 2.78. The van der Waals surface area contributed by atoms with Crippen LogP contribution >= 0.6 is 0 Å². The topological polar surface area (TPSA) is 61.4 Å². The molecule has 0 aromatic carbocycles. The maximum absolute atomic E-state index is 11.2. The first kappa shape index (κ1) is 9.93. The molecule has 80 valence electrons. The summed E-state index contributed by atoms with van der Waals surface area (Å²) in [5.41, 5.74) is 1.73. The Bertz CT molecular complexity index is 220. The van der Waals surface area contributed by atoms with Gasteiger partial charge < -0.3 is 5.32 Å². The van der Waals surface area contributed by atoms with Crippen LogP contribution in [-0.4, -0.2) is 23.2 Å². The Labute approximate surface area is 84.0 Å². The van der Waals surface area contributed by atoms with E-state index in [0.29, 0.717) is 6.04 Å². The monoisotopic (exact) mass is 198 g/mol. The number of fused-ring (bicyclic) bond motifs is 1. The molecule has 4 heteroatoms. The number of hydrogen-bond acceptors (Lipinski definition) is 3. The SMILES string of the molecule is O=C(NO)C1CCC2CCCCC2N1. The lowest BCUT2D eigenvalue weighted by Crippen LogP contribution is -2.54. The Morgan fingerprint density at radius 2 is 2.00 bits per heavy atom. The number of piperidine rings is 1. The van der Waals surface area contributed by atoms with Crippen molar-refractivity contribution in [1.29, 1.82) is 0 Å². The highest BCUT2D eigenvalue weighted by atomic mass is 16.5. The van der Waals surface area contributed by atoms with Crippen molar-refractivity contribution in [1.82, 2.24) is 10.8 Å². The van der Waals surface area contributed by atoms with Crippen LogP contribution in [0.5, 0.6) is 0 Å². The van der Waals surface area contributed by atoms with Crippen molar-refractivity contribution in [2.45, 2.75) is 50.6 Å². The molecule has 0 aromatic rings. The first-order chi connectivity index (χ1) is 6.81. The van der Waals surface area contributed by atoms with Gasteiger partial charge in [0.2, 0.25) is 0 Å². The minimum Gasteiger partial charge on any atom is -0.303 e. The van der Waals surface area contributed by atoms with E-state index in [9.17, 15) is 4.79 Å². The summed E-state index contributed by atoms with van der Waals surface area (Å²) in [7, 11) is 0. The standard InChI is InChI=1S/C10H18N2O2/c13-10(12-14)9-6-5-7-3-1-2-4-8(7)11-9/h7-9,11,14H,1-6H2,(H,12,13). The molecule has 3 unspecified atom stereocenters. The Kier molecular flexibility index (Phi) is 3.03. The number of carbonyl (C=O) groups excluding carboxylic acids is 1. The second kappa shape index (κ2) is 4.28. The zero-order chi connectivity index (χ0) is 9.97. The van der Waals surface area contributed by atoms with Crippen molar-refractivity contribution in [3.63, 3.8) is 0 Å². The molecule has 0 bridgehead atoms. The second-order valence-electron chi connectivity index (χ2n) is 4.42. The van der Waals surface area contributed by atoms with Gasteiger partial charge in [0.15, 0.2) is 0 Å². The minimum absolute atomic E-state index is 0.181. The van der Waals surface area contributed by atoms with E-state index >= 15 is 0 Å². The zero-order valence-electron chi connectivity index (χ0n) is 8.33. The van der Waals surface area contributed by atoms with E-state index in [1.807, 2.05) is 0 Å². The summed E-state index contributed by atoms with van der Waals surface area (Å²) in [4.78, 5) is 11.2. The quantitative estimate of drug-likeness (QED) is 0.431. The molecule has 1 saturated heterocycles. The molecule has 3 atom stereocenters. The van der Waals surface area contributed by atoms with Crippen LogP contribution in [0.1, 0.15) is 38.5 Å². The molecule has 0 spiro atoms. The number of hydrogen-bond donors (Lipinski definition) is 3. The molecule has 1 saturated carbocycles. The fraction of sp³-hybridized carbons (Fsp3) is 0.900. The van der Waals surface area contributed by atoms with E-state index < -0.39 is 0 Å². The highest BCUT2D eigenvalue weighted by Gasteiger charge is 2.34. The normalized spacial score (nSPS) is 37.4. The van der Waals surface area contributed by atoms with Gasteiger partial charge in [-0.1, -0.05) is 12.8 Å². The van der Waals surface area contributed by atoms with Crippen LogP contribution in [0.25, 0.3) is 0 Å². The molecule has 2 fully saturated rings. The van der Waals surface area contributed by atoms with Crippen LogP contribution in [0, 0.1) is 5.92 Å². The highest BCUT2D eigenvalue weighted by molar-refractivity contribution is 5.80. The average molecular weight is 198 g/mol. The van der Waals surface area contributed by atoms with Crippen molar-refractivity contribution < 1.29 is 10.0 Å². The maximum atomic E-state index is 11.2. The lowest BCUT2D eigenvalue weighted by Gasteiger charge is -2.39. The van der Waals surface area contributed by atoms with Crippen LogP contribution in [0.2, 0.25) is 0 Å². The van der Waals surface area contributed by atoms with Crippen LogP contribution in [0.3, 0.4) is 0 Å². The Balaban J connectivity index is 1.92. The van der Waals surface area contributed by atoms with Gasteiger partial charge in [0.05, 0.1) is 6.04 Å². The van der Waals surface area contributed by atoms with E-state index in [4.69, 9.17) is 5.21 Å². The predicted octanol–water partition coefficient (Wildman–Crippen LogP) is 0.803. The molecule has 0 radical (unpaired) electrons. The lowest BCUT2D eigenvalue weighted by atomic mass is 9.78. The first-order valence-electron chi connectivity index (χ1n) is 5.51. The molecule has 2 aliphatic rings. The maximum Gasteiger partial charge on any atom is 0.260 e. The Morgan fingerprint density at radius 3 is 2.79 bits per heavy atom. The van der Waals surface area contributed by atoms with E-state index in [-0.39, 0.29) is 11.9 Å². The van der Waals surface area contributed by atoms with Crippen LogP contribution in [0.15, 0.2) is 0 Å². The summed E-state index contributed by atoms with van der Waals surface area (Å²) in [6.07, 6.45) is 7.05. The third-order valence-electron chi connectivity index (χ3n) is 3.58. The fourth-order valence-electron chi connectivity index (χ4n) is 2.78. The van der Waals surface area contributed by atoms with E-state index in [0.717, 1.165) is 18.8 Å². The number of rotatable bonds is 1. The number of nitrogens with one attached hydrogen (secondary N) is 2.